The van der Waals surface area contributed by atoms with Crippen molar-refractivity contribution in [2.24, 2.45) is 0 Å². The van der Waals surface area contributed by atoms with E-state index in [0.29, 0.717) is 4.90 Å². The van der Waals surface area contributed by atoms with E-state index in [0.717, 1.165) is 35.6 Å². The summed E-state index contributed by atoms with van der Waals surface area (Å²) in [4.78, 5) is 4.88. The van der Waals surface area contributed by atoms with Crippen LogP contribution in [0.25, 0.3) is 5.65 Å². The Bertz CT molecular complexity index is 978. The van der Waals surface area contributed by atoms with Gasteiger partial charge < -0.3 is 5.32 Å². The molecular weight excluding hydrogens is 336 g/mol. The lowest BCUT2D eigenvalue weighted by atomic mass is 10.0. The molecule has 0 saturated heterocycles. The summed E-state index contributed by atoms with van der Waals surface area (Å²) in [5, 5.41) is 7.85. The van der Waals surface area contributed by atoms with Crippen LogP contribution in [-0.4, -0.2) is 29.3 Å². The minimum absolute atomic E-state index is 0.0492. The van der Waals surface area contributed by atoms with Gasteiger partial charge in [-0.05, 0) is 30.5 Å². The zero-order valence-corrected chi connectivity index (χ0v) is 15.4. The van der Waals surface area contributed by atoms with Crippen molar-refractivity contribution in [1.82, 2.24) is 14.6 Å². The molecule has 0 aliphatic carbocycles. The Labute approximate surface area is 147 Å². The zero-order chi connectivity index (χ0) is 18.0. The fraction of sp³-hybridized carbons (Fsp3) is 0.333. The fourth-order valence-corrected chi connectivity index (χ4v) is 3.43. The van der Waals surface area contributed by atoms with Crippen molar-refractivity contribution in [3.8, 4) is 0 Å². The highest BCUT2D eigenvalue weighted by Crippen LogP contribution is 2.24. The van der Waals surface area contributed by atoms with Crippen LogP contribution in [-0.2, 0) is 16.3 Å². The molecule has 0 fully saturated rings. The minimum Gasteiger partial charge on any atom is -0.363 e. The molecule has 2 heterocycles. The van der Waals surface area contributed by atoms with E-state index in [9.17, 15) is 8.42 Å². The molecule has 6 nitrogen and oxygen atoms in total. The maximum absolute atomic E-state index is 11.6. The van der Waals surface area contributed by atoms with Crippen LogP contribution in [0, 0.1) is 0 Å². The Balaban J connectivity index is 1.94. The van der Waals surface area contributed by atoms with Crippen LogP contribution in [0.2, 0.25) is 0 Å². The smallest absolute Gasteiger partial charge is 0.175 e. The number of nitrogens with one attached hydrogen (secondary N) is 1. The predicted molar refractivity (Wildman–Crippen MR) is 98.6 cm³/mol. The first-order valence-corrected chi connectivity index (χ1v) is 10.2. The lowest BCUT2D eigenvalue weighted by molar-refractivity contribution is 0.601. The van der Waals surface area contributed by atoms with Gasteiger partial charge in [-0.1, -0.05) is 26.0 Å². The summed E-state index contributed by atoms with van der Waals surface area (Å²) >= 11 is 0. The van der Waals surface area contributed by atoms with Crippen molar-refractivity contribution >= 4 is 21.3 Å². The standard InChI is InChI=1S/C18H22N4O2S/c1-4-14-12-18(22-17(20-14)10-11-19-22)21-16(5-2)13-6-8-15(9-7-13)25(3,23)24/h6-12,16,21H,4-5H2,1-3H3/t16-/m0/s1. The predicted octanol–water partition coefficient (Wildman–Crippen LogP) is 3.26. The topological polar surface area (TPSA) is 76.4 Å². The van der Waals surface area contributed by atoms with Gasteiger partial charge >= 0.3 is 0 Å². The van der Waals surface area contributed by atoms with Crippen molar-refractivity contribution in [3.63, 3.8) is 0 Å². The van der Waals surface area contributed by atoms with Crippen molar-refractivity contribution in [2.45, 2.75) is 37.6 Å². The molecule has 0 spiro atoms. The van der Waals surface area contributed by atoms with Gasteiger partial charge in [0.1, 0.15) is 5.82 Å². The molecule has 1 aromatic carbocycles. The first-order chi connectivity index (χ1) is 11.9. The molecule has 132 valence electrons. The quantitative estimate of drug-likeness (QED) is 0.732. The minimum atomic E-state index is -3.18. The third kappa shape index (κ3) is 3.66. The van der Waals surface area contributed by atoms with Crippen LogP contribution in [0.4, 0.5) is 5.82 Å². The zero-order valence-electron chi connectivity index (χ0n) is 14.6. The van der Waals surface area contributed by atoms with Crippen molar-refractivity contribution in [3.05, 3.63) is 53.9 Å². The number of benzene rings is 1. The van der Waals surface area contributed by atoms with Crippen LogP contribution >= 0.6 is 0 Å². The largest absolute Gasteiger partial charge is 0.363 e. The highest BCUT2D eigenvalue weighted by molar-refractivity contribution is 7.90. The number of rotatable bonds is 6. The molecule has 0 bridgehead atoms. The number of sulfone groups is 1. The normalized spacial score (nSPS) is 13.1. The van der Waals surface area contributed by atoms with Gasteiger partial charge in [0.05, 0.1) is 17.1 Å². The lowest BCUT2D eigenvalue weighted by Gasteiger charge is -2.20. The SMILES string of the molecule is CCc1cc(N[C@@H](CC)c2ccc(S(C)(=O)=O)cc2)n2nccc2n1. The number of nitrogens with zero attached hydrogens (tertiary/aromatic N) is 3. The molecule has 0 unspecified atom stereocenters. The number of aryl methyl sites for hydroxylation is 1. The molecule has 0 amide bonds. The molecule has 0 saturated carbocycles. The summed E-state index contributed by atoms with van der Waals surface area (Å²) in [5.74, 6) is 0.880. The Morgan fingerprint density at radius 1 is 1.16 bits per heavy atom. The first kappa shape index (κ1) is 17.4. The number of aromatic nitrogens is 3. The van der Waals surface area contributed by atoms with Gasteiger partial charge in [-0.15, -0.1) is 0 Å². The fourth-order valence-electron chi connectivity index (χ4n) is 2.80. The van der Waals surface area contributed by atoms with E-state index in [1.807, 2.05) is 24.3 Å². The molecule has 1 atom stereocenters. The van der Waals surface area contributed by atoms with Crippen molar-refractivity contribution in [1.29, 1.82) is 0 Å². The molecule has 3 aromatic rings. The van der Waals surface area contributed by atoms with Crippen molar-refractivity contribution < 1.29 is 8.42 Å². The molecule has 7 heteroatoms. The van der Waals surface area contributed by atoms with Crippen LogP contribution in [0.5, 0.6) is 0 Å². The Hall–Kier alpha value is -2.41. The van der Waals surface area contributed by atoms with Gasteiger partial charge in [0.25, 0.3) is 0 Å². The molecule has 3 rings (SSSR count). The lowest BCUT2D eigenvalue weighted by Crippen LogP contribution is -2.14. The summed E-state index contributed by atoms with van der Waals surface area (Å²) in [7, 11) is -3.18. The number of hydrogen-bond acceptors (Lipinski definition) is 5. The number of fused-ring (bicyclic) bond motifs is 1. The van der Waals surface area contributed by atoms with Gasteiger partial charge in [-0.3, -0.25) is 0 Å². The maximum Gasteiger partial charge on any atom is 0.175 e. The van der Waals surface area contributed by atoms with E-state index >= 15 is 0 Å². The summed E-state index contributed by atoms with van der Waals surface area (Å²) < 4.78 is 25.0. The maximum atomic E-state index is 11.6. The summed E-state index contributed by atoms with van der Waals surface area (Å²) in [6, 6.07) is 11.0. The molecule has 0 aliphatic heterocycles. The van der Waals surface area contributed by atoms with Crippen LogP contribution in [0.1, 0.15) is 37.6 Å². The number of anilines is 1. The van der Waals surface area contributed by atoms with Crippen LogP contribution in [0.15, 0.2) is 47.5 Å². The monoisotopic (exact) mass is 358 g/mol. The first-order valence-electron chi connectivity index (χ1n) is 8.32. The molecule has 1 N–H and O–H groups in total. The van der Waals surface area contributed by atoms with E-state index in [4.69, 9.17) is 0 Å². The van der Waals surface area contributed by atoms with E-state index in [-0.39, 0.29) is 6.04 Å². The average molecular weight is 358 g/mol. The molecule has 2 aromatic heterocycles. The van der Waals surface area contributed by atoms with Crippen molar-refractivity contribution in [2.75, 3.05) is 11.6 Å². The summed E-state index contributed by atoms with van der Waals surface area (Å²) in [6.07, 6.45) is 4.64. The van der Waals surface area contributed by atoms with Crippen LogP contribution < -0.4 is 5.32 Å². The Morgan fingerprint density at radius 2 is 1.88 bits per heavy atom. The van der Waals surface area contributed by atoms with Gasteiger partial charge in [-0.2, -0.15) is 9.61 Å². The van der Waals surface area contributed by atoms with E-state index in [1.54, 1.807) is 22.8 Å². The highest BCUT2D eigenvalue weighted by Gasteiger charge is 2.14. The van der Waals surface area contributed by atoms with Gasteiger partial charge in [0.15, 0.2) is 15.5 Å². The summed E-state index contributed by atoms with van der Waals surface area (Å²) in [5.41, 5.74) is 2.84. The third-order valence-corrected chi connectivity index (χ3v) is 5.34. The van der Waals surface area contributed by atoms with E-state index < -0.39 is 9.84 Å². The van der Waals surface area contributed by atoms with Gasteiger partial charge in [-0.25, -0.2) is 13.4 Å². The van der Waals surface area contributed by atoms with Gasteiger partial charge in [0.2, 0.25) is 0 Å². The Kier molecular flexibility index (Phi) is 4.76. The number of hydrogen-bond donors (Lipinski definition) is 1. The van der Waals surface area contributed by atoms with E-state index in [2.05, 4.69) is 29.2 Å². The molecule has 25 heavy (non-hydrogen) atoms. The van der Waals surface area contributed by atoms with Crippen LogP contribution in [0.3, 0.4) is 0 Å². The molecular formula is C18H22N4O2S. The second kappa shape index (κ2) is 6.84. The highest BCUT2D eigenvalue weighted by atomic mass is 32.2. The third-order valence-electron chi connectivity index (χ3n) is 4.22. The van der Waals surface area contributed by atoms with E-state index in [1.165, 1.54) is 6.26 Å². The second-order valence-electron chi connectivity index (χ2n) is 6.03. The molecule has 0 aliphatic rings. The second-order valence-corrected chi connectivity index (χ2v) is 8.05. The average Bonchev–Trinajstić information content (AvgIpc) is 3.07. The van der Waals surface area contributed by atoms with Gasteiger partial charge in [0, 0.05) is 24.1 Å². The summed E-state index contributed by atoms with van der Waals surface area (Å²) in [6.45, 7) is 4.16. The Morgan fingerprint density at radius 3 is 2.48 bits per heavy atom. The molecule has 0 radical (unpaired) electrons.